The Bertz CT molecular complexity index is 570. The third-order valence-corrected chi connectivity index (χ3v) is 2.97. The Morgan fingerprint density at radius 3 is 2.74 bits per heavy atom. The van der Waals surface area contributed by atoms with Crippen LogP contribution in [0.2, 0.25) is 0 Å². The predicted molar refractivity (Wildman–Crippen MR) is 76.0 cm³/mol. The van der Waals surface area contributed by atoms with Crippen LogP contribution in [0.1, 0.15) is 11.3 Å². The van der Waals surface area contributed by atoms with Crippen molar-refractivity contribution < 1.29 is 9.84 Å². The number of aromatic nitrogens is 1. The largest absolute Gasteiger partial charge is 0.497 e. The van der Waals surface area contributed by atoms with E-state index in [0.717, 1.165) is 28.5 Å². The van der Waals surface area contributed by atoms with Crippen LogP contribution in [0.5, 0.6) is 5.75 Å². The number of benzene rings is 1. The third-order valence-electron chi connectivity index (χ3n) is 2.97. The fraction of sp³-hybridized carbons (Fsp3) is 0.267. The fourth-order valence-corrected chi connectivity index (χ4v) is 1.94. The third kappa shape index (κ3) is 3.03. The number of rotatable bonds is 4. The molecule has 0 atom stereocenters. The summed E-state index contributed by atoms with van der Waals surface area (Å²) in [4.78, 5) is 6.45. The van der Waals surface area contributed by atoms with Crippen LogP contribution in [0.3, 0.4) is 0 Å². The van der Waals surface area contributed by atoms with Crippen LogP contribution in [0.4, 0.5) is 11.5 Å². The van der Waals surface area contributed by atoms with Crippen molar-refractivity contribution in [1.82, 2.24) is 4.98 Å². The summed E-state index contributed by atoms with van der Waals surface area (Å²) < 4.78 is 5.22. The molecular weight excluding hydrogens is 240 g/mol. The number of hydrogen-bond acceptors (Lipinski definition) is 4. The van der Waals surface area contributed by atoms with Crippen molar-refractivity contribution in [3.63, 3.8) is 0 Å². The van der Waals surface area contributed by atoms with Gasteiger partial charge in [0.2, 0.25) is 0 Å². The lowest BCUT2D eigenvalue weighted by Gasteiger charge is -2.20. The van der Waals surface area contributed by atoms with E-state index < -0.39 is 0 Å². The van der Waals surface area contributed by atoms with Gasteiger partial charge >= 0.3 is 0 Å². The minimum absolute atomic E-state index is 0.0162. The van der Waals surface area contributed by atoms with Crippen molar-refractivity contribution in [3.8, 4) is 5.75 Å². The fourth-order valence-electron chi connectivity index (χ4n) is 1.94. The van der Waals surface area contributed by atoms with Crippen LogP contribution >= 0.6 is 0 Å². The van der Waals surface area contributed by atoms with E-state index in [1.54, 1.807) is 7.11 Å². The Hall–Kier alpha value is -2.07. The smallest absolute Gasteiger partial charge is 0.133 e. The summed E-state index contributed by atoms with van der Waals surface area (Å²) in [5, 5.41) is 9.25. The molecule has 0 fully saturated rings. The zero-order valence-electron chi connectivity index (χ0n) is 11.4. The molecule has 1 aromatic heterocycles. The van der Waals surface area contributed by atoms with E-state index in [2.05, 4.69) is 4.98 Å². The molecule has 1 N–H and O–H groups in total. The topological polar surface area (TPSA) is 45.6 Å². The highest BCUT2D eigenvalue weighted by molar-refractivity contribution is 5.61. The first-order chi connectivity index (χ1) is 9.13. The van der Waals surface area contributed by atoms with Gasteiger partial charge in [-0.05, 0) is 36.8 Å². The van der Waals surface area contributed by atoms with Crippen LogP contribution in [-0.2, 0) is 6.61 Å². The highest BCUT2D eigenvalue weighted by atomic mass is 16.5. The summed E-state index contributed by atoms with van der Waals surface area (Å²) >= 11 is 0. The van der Waals surface area contributed by atoms with E-state index in [9.17, 15) is 5.11 Å². The Morgan fingerprint density at radius 2 is 2.05 bits per heavy atom. The molecule has 0 aliphatic heterocycles. The first-order valence-corrected chi connectivity index (χ1v) is 6.10. The maximum Gasteiger partial charge on any atom is 0.133 e. The van der Waals surface area contributed by atoms with Crippen LogP contribution in [0.15, 0.2) is 36.4 Å². The van der Waals surface area contributed by atoms with Gasteiger partial charge in [0.25, 0.3) is 0 Å². The van der Waals surface area contributed by atoms with Crippen molar-refractivity contribution in [2.75, 3.05) is 19.1 Å². The summed E-state index contributed by atoms with van der Waals surface area (Å²) in [5.41, 5.74) is 2.73. The maximum atomic E-state index is 9.25. The summed E-state index contributed by atoms with van der Waals surface area (Å²) in [6, 6.07) is 11.5. The van der Waals surface area contributed by atoms with Gasteiger partial charge in [-0.15, -0.1) is 0 Å². The first-order valence-electron chi connectivity index (χ1n) is 6.10. The lowest BCUT2D eigenvalue weighted by atomic mass is 10.2. The van der Waals surface area contributed by atoms with E-state index in [0.29, 0.717) is 0 Å². The Morgan fingerprint density at radius 1 is 1.26 bits per heavy atom. The van der Waals surface area contributed by atoms with Crippen molar-refractivity contribution in [3.05, 3.63) is 47.7 Å². The molecule has 0 aliphatic rings. The van der Waals surface area contributed by atoms with E-state index >= 15 is 0 Å². The second-order valence-electron chi connectivity index (χ2n) is 4.39. The molecule has 0 saturated carbocycles. The highest BCUT2D eigenvalue weighted by Gasteiger charge is 2.08. The normalized spacial score (nSPS) is 10.3. The Balaban J connectivity index is 2.37. The van der Waals surface area contributed by atoms with Gasteiger partial charge in [-0.3, -0.25) is 0 Å². The number of ether oxygens (including phenoxy) is 1. The van der Waals surface area contributed by atoms with Gasteiger partial charge in [-0.2, -0.15) is 0 Å². The predicted octanol–water partition coefficient (Wildman–Crippen LogP) is 2.66. The minimum Gasteiger partial charge on any atom is -0.497 e. The van der Waals surface area contributed by atoms with Gasteiger partial charge in [0.1, 0.15) is 11.6 Å². The minimum atomic E-state index is 0.0162. The molecule has 0 radical (unpaired) electrons. The number of methoxy groups -OCH3 is 1. The number of aliphatic hydroxyl groups excluding tert-OH is 1. The molecule has 19 heavy (non-hydrogen) atoms. The molecule has 0 saturated heterocycles. The van der Waals surface area contributed by atoms with Crippen LogP contribution in [0, 0.1) is 6.92 Å². The summed E-state index contributed by atoms with van der Waals surface area (Å²) in [6.07, 6.45) is 0. The van der Waals surface area contributed by atoms with Crippen molar-refractivity contribution in [2.45, 2.75) is 13.5 Å². The van der Waals surface area contributed by atoms with Crippen LogP contribution in [0.25, 0.3) is 0 Å². The number of aryl methyl sites for hydroxylation is 1. The number of nitrogens with zero attached hydrogens (tertiary/aromatic N) is 2. The van der Waals surface area contributed by atoms with Crippen molar-refractivity contribution >= 4 is 11.5 Å². The quantitative estimate of drug-likeness (QED) is 0.915. The van der Waals surface area contributed by atoms with Crippen molar-refractivity contribution in [2.24, 2.45) is 0 Å². The van der Waals surface area contributed by atoms with Gasteiger partial charge in [0.05, 0.1) is 13.7 Å². The van der Waals surface area contributed by atoms with E-state index in [1.165, 1.54) is 0 Å². The SMILES string of the molecule is COc1cccc(N(C)c2cc(CO)cc(C)n2)c1. The highest BCUT2D eigenvalue weighted by Crippen LogP contribution is 2.26. The summed E-state index contributed by atoms with van der Waals surface area (Å²) in [6.45, 7) is 1.93. The van der Waals surface area contributed by atoms with E-state index in [4.69, 9.17) is 4.74 Å². The average molecular weight is 258 g/mol. The van der Waals surface area contributed by atoms with Crippen LogP contribution in [-0.4, -0.2) is 24.2 Å². The molecule has 1 aromatic carbocycles. The second kappa shape index (κ2) is 5.71. The average Bonchev–Trinajstić information content (AvgIpc) is 2.45. The molecule has 0 spiro atoms. The Labute approximate surface area is 113 Å². The van der Waals surface area contributed by atoms with Crippen molar-refractivity contribution in [1.29, 1.82) is 0 Å². The van der Waals surface area contributed by atoms with Gasteiger partial charge in [-0.25, -0.2) is 4.98 Å². The number of aliphatic hydroxyl groups is 1. The van der Waals surface area contributed by atoms with E-state index in [1.807, 2.05) is 55.3 Å². The first kappa shape index (κ1) is 13.4. The summed E-state index contributed by atoms with van der Waals surface area (Å²) in [5.74, 6) is 1.61. The molecule has 2 rings (SSSR count). The molecule has 4 heteroatoms. The zero-order valence-corrected chi connectivity index (χ0v) is 11.4. The second-order valence-corrected chi connectivity index (χ2v) is 4.39. The molecule has 4 nitrogen and oxygen atoms in total. The molecular formula is C15H18N2O2. The molecule has 1 heterocycles. The maximum absolute atomic E-state index is 9.25. The zero-order chi connectivity index (χ0) is 13.8. The Kier molecular flexibility index (Phi) is 4.02. The van der Waals surface area contributed by atoms with Gasteiger partial charge < -0.3 is 14.7 Å². The number of pyridine rings is 1. The van der Waals surface area contributed by atoms with Gasteiger partial charge in [0.15, 0.2) is 0 Å². The van der Waals surface area contributed by atoms with Gasteiger partial charge in [-0.1, -0.05) is 6.07 Å². The monoisotopic (exact) mass is 258 g/mol. The van der Waals surface area contributed by atoms with E-state index in [-0.39, 0.29) is 6.61 Å². The molecule has 100 valence electrons. The molecule has 0 aliphatic carbocycles. The summed E-state index contributed by atoms with van der Waals surface area (Å²) in [7, 11) is 3.59. The number of hydrogen-bond donors (Lipinski definition) is 1. The molecule has 2 aromatic rings. The number of anilines is 2. The molecule has 0 amide bonds. The van der Waals surface area contributed by atoms with Crippen LogP contribution < -0.4 is 9.64 Å². The molecule has 0 bridgehead atoms. The van der Waals surface area contributed by atoms with Gasteiger partial charge in [0, 0.05) is 24.5 Å². The standard InChI is InChI=1S/C15H18N2O2/c1-11-7-12(10-18)8-15(16-11)17(2)13-5-4-6-14(9-13)19-3/h4-9,18H,10H2,1-3H3. The molecule has 0 unspecified atom stereocenters. The lowest BCUT2D eigenvalue weighted by molar-refractivity contribution is 0.281. The lowest BCUT2D eigenvalue weighted by Crippen LogP contribution is -2.12.